The summed E-state index contributed by atoms with van der Waals surface area (Å²) in [7, 11) is 1.59. The Hall–Kier alpha value is -2.89. The zero-order chi connectivity index (χ0) is 25.7. The fourth-order valence-electron chi connectivity index (χ4n) is 4.44. The van der Waals surface area contributed by atoms with Crippen LogP contribution in [0.5, 0.6) is 0 Å². The molecule has 4 aromatic rings. The molecule has 0 aliphatic carbocycles. The summed E-state index contributed by atoms with van der Waals surface area (Å²) in [4.78, 5) is 0. The highest BCUT2D eigenvalue weighted by atomic mass is 35.5. The Labute approximate surface area is 213 Å². The summed E-state index contributed by atoms with van der Waals surface area (Å²) in [6, 6.07) is 16.3. The topological polar surface area (TPSA) is 9.23 Å². The first-order chi connectivity index (χ1) is 17.4. The van der Waals surface area contributed by atoms with Crippen LogP contribution >= 0.6 is 11.6 Å². The quantitative estimate of drug-likeness (QED) is 0.153. The third kappa shape index (κ3) is 6.26. The van der Waals surface area contributed by atoms with Gasteiger partial charge in [-0.15, -0.1) is 0 Å². The van der Waals surface area contributed by atoms with Gasteiger partial charge >= 0.3 is 0 Å². The smallest absolute Gasteiger partial charge is 0.142 e. The molecule has 1 nitrogen and oxygen atoms in total. The SMILES string of the molecule is COCCCc1cc(F)c(CCc2ccc3c(F)c(CCc4ccc(Cl)c(F)c4)ccc3c2)c(F)c1. The molecule has 0 spiro atoms. The Morgan fingerprint density at radius 2 is 1.33 bits per heavy atom. The lowest BCUT2D eigenvalue weighted by atomic mass is 9.96. The number of aryl methyl sites for hydroxylation is 4. The second-order valence-electron chi connectivity index (χ2n) is 8.98. The van der Waals surface area contributed by atoms with Crippen molar-refractivity contribution in [2.75, 3.05) is 13.7 Å². The highest BCUT2D eigenvalue weighted by Gasteiger charge is 2.13. The summed E-state index contributed by atoms with van der Waals surface area (Å²) < 4.78 is 62.9. The van der Waals surface area contributed by atoms with Gasteiger partial charge in [-0.3, -0.25) is 0 Å². The van der Waals surface area contributed by atoms with Crippen molar-refractivity contribution in [1.29, 1.82) is 0 Å². The van der Waals surface area contributed by atoms with Gasteiger partial charge in [-0.1, -0.05) is 48.0 Å². The van der Waals surface area contributed by atoms with Gasteiger partial charge in [-0.05, 0) is 90.4 Å². The van der Waals surface area contributed by atoms with Crippen molar-refractivity contribution in [3.05, 3.63) is 117 Å². The number of ether oxygens (including phenoxy) is 1. The number of fused-ring (bicyclic) bond motifs is 1. The van der Waals surface area contributed by atoms with Gasteiger partial charge in [0.1, 0.15) is 23.3 Å². The normalized spacial score (nSPS) is 11.4. The second kappa shape index (κ2) is 11.9. The van der Waals surface area contributed by atoms with Gasteiger partial charge in [0.2, 0.25) is 0 Å². The van der Waals surface area contributed by atoms with Crippen LogP contribution in [0.3, 0.4) is 0 Å². The number of halogens is 5. The number of methoxy groups -OCH3 is 1. The molecule has 0 aromatic heterocycles. The van der Waals surface area contributed by atoms with Crippen molar-refractivity contribution in [3.8, 4) is 0 Å². The molecule has 0 aliphatic heterocycles. The summed E-state index contributed by atoms with van der Waals surface area (Å²) in [6.45, 7) is 0.539. The van der Waals surface area contributed by atoms with E-state index in [1.54, 1.807) is 31.4 Å². The van der Waals surface area contributed by atoms with Crippen molar-refractivity contribution < 1.29 is 22.3 Å². The molecule has 0 atom stereocenters. The molecule has 0 amide bonds. The van der Waals surface area contributed by atoms with E-state index < -0.39 is 17.5 Å². The molecule has 36 heavy (non-hydrogen) atoms. The number of hydrogen-bond acceptors (Lipinski definition) is 1. The van der Waals surface area contributed by atoms with Gasteiger partial charge < -0.3 is 4.74 Å². The molecule has 0 radical (unpaired) electrons. The van der Waals surface area contributed by atoms with E-state index in [1.165, 1.54) is 24.3 Å². The van der Waals surface area contributed by atoms with Crippen LogP contribution in [0.25, 0.3) is 10.8 Å². The van der Waals surface area contributed by atoms with Crippen LogP contribution in [-0.4, -0.2) is 13.7 Å². The van der Waals surface area contributed by atoms with Gasteiger partial charge in [0.05, 0.1) is 5.02 Å². The Morgan fingerprint density at radius 1 is 0.667 bits per heavy atom. The van der Waals surface area contributed by atoms with Gasteiger partial charge in [0, 0.05) is 24.7 Å². The molecule has 6 heteroatoms. The lowest BCUT2D eigenvalue weighted by Crippen LogP contribution is -2.02. The highest BCUT2D eigenvalue weighted by Crippen LogP contribution is 2.26. The number of benzene rings is 4. The van der Waals surface area contributed by atoms with Gasteiger partial charge in [-0.2, -0.15) is 0 Å². The summed E-state index contributed by atoms with van der Waals surface area (Å²) >= 11 is 5.73. The Bertz CT molecular complexity index is 1350. The number of hydrogen-bond donors (Lipinski definition) is 0. The maximum atomic E-state index is 15.2. The molecule has 0 N–H and O–H groups in total. The molecule has 4 rings (SSSR count). The van der Waals surface area contributed by atoms with E-state index in [0.717, 1.165) is 16.5 Å². The van der Waals surface area contributed by atoms with Crippen LogP contribution in [0.1, 0.15) is 34.2 Å². The van der Waals surface area contributed by atoms with Crippen molar-refractivity contribution in [3.63, 3.8) is 0 Å². The largest absolute Gasteiger partial charge is 0.385 e. The van der Waals surface area contributed by atoms with Crippen LogP contribution in [0.15, 0.2) is 60.7 Å². The zero-order valence-electron chi connectivity index (χ0n) is 20.0. The fourth-order valence-corrected chi connectivity index (χ4v) is 4.56. The summed E-state index contributed by atoms with van der Waals surface area (Å²) in [5.74, 6) is -1.88. The third-order valence-corrected chi connectivity index (χ3v) is 6.75. The predicted molar refractivity (Wildman–Crippen MR) is 137 cm³/mol. The van der Waals surface area contributed by atoms with Crippen molar-refractivity contribution in [1.82, 2.24) is 0 Å². The minimum Gasteiger partial charge on any atom is -0.385 e. The molecule has 0 saturated carbocycles. The van der Waals surface area contributed by atoms with Crippen molar-refractivity contribution in [2.24, 2.45) is 0 Å². The molecule has 188 valence electrons. The zero-order valence-corrected chi connectivity index (χ0v) is 20.8. The first-order valence-electron chi connectivity index (χ1n) is 12.0. The fraction of sp³-hybridized carbons (Fsp3) is 0.267. The van der Waals surface area contributed by atoms with E-state index >= 15 is 4.39 Å². The first-order valence-corrected chi connectivity index (χ1v) is 12.3. The van der Waals surface area contributed by atoms with E-state index in [1.807, 2.05) is 12.1 Å². The minimum atomic E-state index is -0.542. The molecule has 0 aliphatic rings. The molecular formula is C30H27ClF4O. The van der Waals surface area contributed by atoms with Crippen LogP contribution in [-0.2, 0) is 36.8 Å². The Balaban J connectivity index is 1.44. The van der Waals surface area contributed by atoms with Gasteiger partial charge in [0.15, 0.2) is 0 Å². The summed E-state index contributed by atoms with van der Waals surface area (Å²) in [5.41, 5.74) is 2.83. The lowest BCUT2D eigenvalue weighted by molar-refractivity contribution is 0.195. The Kier molecular flexibility index (Phi) is 8.65. The Morgan fingerprint density at radius 3 is 2.06 bits per heavy atom. The van der Waals surface area contributed by atoms with E-state index in [4.69, 9.17) is 16.3 Å². The molecule has 0 saturated heterocycles. The molecule has 0 unspecified atom stereocenters. The maximum Gasteiger partial charge on any atom is 0.142 e. The standard InChI is InChI=1S/C30H27ClF4O/c1-36-14-2-3-21-17-27(32)25(28(33)18-21)12-6-19-5-11-24-23(15-19)10-9-22(30(24)35)8-4-20-7-13-26(31)29(34)16-20/h5,7,9-11,13,15-18H,2-4,6,8,12,14H2,1H3. The third-order valence-electron chi connectivity index (χ3n) is 6.44. The molecule has 0 heterocycles. The van der Waals surface area contributed by atoms with Crippen LogP contribution in [0, 0.1) is 23.3 Å². The average Bonchev–Trinajstić information content (AvgIpc) is 2.85. The second-order valence-corrected chi connectivity index (χ2v) is 9.38. The van der Waals surface area contributed by atoms with Gasteiger partial charge in [-0.25, -0.2) is 17.6 Å². The number of rotatable bonds is 10. The molecule has 0 bridgehead atoms. The van der Waals surface area contributed by atoms with Gasteiger partial charge in [0.25, 0.3) is 0 Å². The monoisotopic (exact) mass is 514 g/mol. The average molecular weight is 515 g/mol. The summed E-state index contributed by atoms with van der Waals surface area (Å²) in [5, 5.41) is 1.27. The lowest BCUT2D eigenvalue weighted by Gasteiger charge is -2.11. The minimum absolute atomic E-state index is 0.0609. The van der Waals surface area contributed by atoms with E-state index in [0.29, 0.717) is 55.2 Å². The molecular weight excluding hydrogens is 488 g/mol. The van der Waals surface area contributed by atoms with Crippen molar-refractivity contribution >= 4 is 22.4 Å². The summed E-state index contributed by atoms with van der Waals surface area (Å²) in [6.07, 6.45) is 2.79. The van der Waals surface area contributed by atoms with E-state index in [9.17, 15) is 13.2 Å². The van der Waals surface area contributed by atoms with Crippen molar-refractivity contribution in [2.45, 2.75) is 38.5 Å². The molecule has 4 aromatic carbocycles. The highest BCUT2D eigenvalue weighted by molar-refractivity contribution is 6.30. The maximum absolute atomic E-state index is 15.2. The first kappa shape index (κ1) is 26.2. The van der Waals surface area contributed by atoms with Crippen LogP contribution < -0.4 is 0 Å². The van der Waals surface area contributed by atoms with E-state index in [2.05, 4.69) is 0 Å². The van der Waals surface area contributed by atoms with Crippen LogP contribution in [0.4, 0.5) is 17.6 Å². The van der Waals surface area contributed by atoms with E-state index in [-0.39, 0.29) is 22.8 Å². The predicted octanol–water partition coefficient (Wildman–Crippen LogP) is 8.20. The molecule has 0 fully saturated rings. The van der Waals surface area contributed by atoms with Crippen LogP contribution in [0.2, 0.25) is 5.02 Å².